The summed E-state index contributed by atoms with van der Waals surface area (Å²) in [5, 5.41) is 47.6. The van der Waals surface area contributed by atoms with Crippen LogP contribution in [0.5, 0.6) is 5.75 Å². The van der Waals surface area contributed by atoms with Crippen LogP contribution in [0.25, 0.3) is 0 Å². The molecular weight excluding hydrogens is 453 g/mol. The Hall–Kier alpha value is -3.08. The first-order valence-electron chi connectivity index (χ1n) is 10.3. The molecule has 4 atom stereocenters. The number of primary amides is 1. The maximum Gasteiger partial charge on any atom is 0.387 e. The molecule has 0 saturated heterocycles. The van der Waals surface area contributed by atoms with E-state index in [0.717, 1.165) is 0 Å². The molecule has 0 saturated carbocycles. The Morgan fingerprint density at radius 2 is 1.59 bits per heavy atom. The molecule has 13 N–H and O–H groups in total. The fraction of sp³-hybridized carbons (Fsp3) is 0.474. The van der Waals surface area contributed by atoms with Gasteiger partial charge in [-0.2, -0.15) is 0 Å². The Kier molecular flexibility index (Phi) is 13.6. The van der Waals surface area contributed by atoms with Crippen LogP contribution in [0.1, 0.15) is 25.3 Å². The van der Waals surface area contributed by atoms with Gasteiger partial charge in [0.05, 0.1) is 12.6 Å². The highest BCUT2D eigenvalue weighted by molar-refractivity contribution is 6.57. The number of phenols is 1. The van der Waals surface area contributed by atoms with Crippen molar-refractivity contribution in [3.05, 3.63) is 29.8 Å². The molecule has 34 heavy (non-hydrogen) atoms. The van der Waals surface area contributed by atoms with Crippen molar-refractivity contribution in [1.29, 1.82) is 0 Å². The summed E-state index contributed by atoms with van der Waals surface area (Å²) in [5.74, 6) is -2.89. The second kappa shape index (κ2) is 14.9. The lowest BCUT2D eigenvalue weighted by molar-refractivity contribution is -0.131. The van der Waals surface area contributed by atoms with Crippen molar-refractivity contribution in [2.24, 2.45) is 17.2 Å². The van der Waals surface area contributed by atoms with Gasteiger partial charge in [0.15, 0.2) is 0 Å². The maximum absolute atomic E-state index is 12.4. The largest absolute Gasteiger partial charge is 0.559 e. The molecule has 0 heterocycles. The summed E-state index contributed by atoms with van der Waals surface area (Å²) in [6.07, 6.45) is 0.358. The number of aliphatic hydroxyl groups excluding tert-OH is 1. The Bertz CT molecular complexity index is 802. The zero-order chi connectivity index (χ0) is 26.5. The monoisotopic (exact) mass is 486 g/mol. The van der Waals surface area contributed by atoms with E-state index in [1.165, 1.54) is 19.1 Å². The van der Waals surface area contributed by atoms with Crippen LogP contribution in [-0.2, 0) is 25.6 Å². The summed E-state index contributed by atoms with van der Waals surface area (Å²) in [4.78, 5) is 46.2. The number of aromatic hydroxyl groups is 1. The first kappa shape index (κ1) is 30.9. The van der Waals surface area contributed by atoms with E-state index in [1.54, 1.807) is 12.1 Å². The Balaban J connectivity index is 0.00000135. The van der Waals surface area contributed by atoms with Crippen LogP contribution in [0.2, 0.25) is 0 Å². The molecule has 0 unspecified atom stereocenters. The average molecular weight is 486 g/mol. The van der Waals surface area contributed by atoms with Gasteiger partial charge in [0, 0.05) is 12.8 Å². The Morgan fingerprint density at radius 3 is 2.00 bits per heavy atom. The molecule has 0 aliphatic carbocycles. The summed E-state index contributed by atoms with van der Waals surface area (Å²) in [7, 11) is 0. The number of nitrogens with two attached hydrogens (primary N) is 3. The van der Waals surface area contributed by atoms with Gasteiger partial charge >= 0.3 is 6.75 Å². The molecule has 0 spiro atoms. The number of rotatable bonds is 12. The number of nitrogens with one attached hydrogen (secondary N) is 2. The quantitative estimate of drug-likeness (QED) is 0.0992. The first-order chi connectivity index (χ1) is 15.7. The van der Waals surface area contributed by atoms with Crippen molar-refractivity contribution < 1.29 is 44.5 Å². The van der Waals surface area contributed by atoms with Crippen LogP contribution in [0.4, 0.5) is 0 Å². The summed E-state index contributed by atoms with van der Waals surface area (Å²) in [5.41, 5.74) is 16.2. The molecule has 14 nitrogen and oxygen atoms in total. The van der Waals surface area contributed by atoms with Crippen molar-refractivity contribution in [2.45, 2.75) is 50.3 Å². The lowest BCUT2D eigenvalue weighted by Gasteiger charge is -2.23. The number of aliphatic hydroxyl groups is 1. The number of hydrogen-bond donors (Lipinski definition) is 10. The highest BCUT2D eigenvalue weighted by Crippen LogP contribution is 2.12. The minimum absolute atomic E-state index is 0.0162. The fourth-order valence-electron chi connectivity index (χ4n) is 2.19. The minimum Gasteiger partial charge on any atom is -0.559 e. The van der Waals surface area contributed by atoms with E-state index in [0.29, 0.717) is 11.8 Å². The minimum atomic E-state index is -3.28. The van der Waals surface area contributed by atoms with Crippen LogP contribution in [-0.4, -0.2) is 86.7 Å². The number of aldehydes is 1. The van der Waals surface area contributed by atoms with Crippen molar-refractivity contribution in [3.63, 3.8) is 0 Å². The zero-order valence-corrected chi connectivity index (χ0v) is 18.7. The van der Waals surface area contributed by atoms with Crippen molar-refractivity contribution >= 4 is 30.8 Å². The molecule has 1 aromatic rings. The van der Waals surface area contributed by atoms with Crippen molar-refractivity contribution in [3.8, 4) is 5.75 Å². The van der Waals surface area contributed by atoms with E-state index in [2.05, 4.69) is 10.6 Å². The molecule has 0 radical (unpaired) electrons. The van der Waals surface area contributed by atoms with Gasteiger partial charge in [-0.25, -0.2) is 0 Å². The van der Waals surface area contributed by atoms with E-state index >= 15 is 0 Å². The SMILES string of the molecule is C[C@H](N)[B-](O)(O)O.NC(=O)CC[C@H](N)C(=O)N[C@@H](Cc1ccc(O)cc1)C(=O)N[C@H](C=O)CO. The summed E-state index contributed by atoms with van der Waals surface area (Å²) in [6, 6.07) is 2.73. The van der Waals surface area contributed by atoms with Gasteiger partial charge in [0.25, 0.3) is 0 Å². The topological polar surface area (TPSA) is 272 Å². The van der Waals surface area contributed by atoms with E-state index in [1.807, 2.05) is 0 Å². The first-order valence-corrected chi connectivity index (χ1v) is 10.3. The van der Waals surface area contributed by atoms with Gasteiger partial charge in [-0.3, -0.25) is 14.4 Å². The van der Waals surface area contributed by atoms with Gasteiger partial charge in [-0.05, 0) is 30.1 Å². The molecule has 192 valence electrons. The summed E-state index contributed by atoms with van der Waals surface area (Å²) < 4.78 is 0. The smallest absolute Gasteiger partial charge is 0.387 e. The second-order valence-electron chi connectivity index (χ2n) is 7.63. The third kappa shape index (κ3) is 12.8. The maximum atomic E-state index is 12.4. The second-order valence-corrected chi connectivity index (χ2v) is 7.63. The van der Waals surface area contributed by atoms with Crippen LogP contribution in [0.3, 0.4) is 0 Å². The molecule has 0 aliphatic rings. The van der Waals surface area contributed by atoms with Crippen molar-refractivity contribution in [1.82, 2.24) is 10.6 Å². The predicted molar refractivity (Wildman–Crippen MR) is 121 cm³/mol. The summed E-state index contributed by atoms with van der Waals surface area (Å²) >= 11 is 0. The molecule has 0 aliphatic heterocycles. The molecule has 3 amide bonds. The van der Waals surface area contributed by atoms with Gasteiger partial charge in [-0.1, -0.05) is 19.1 Å². The molecule has 0 aromatic heterocycles. The van der Waals surface area contributed by atoms with E-state index in [4.69, 9.17) is 37.4 Å². The molecule has 1 aromatic carbocycles. The Morgan fingerprint density at radius 1 is 1.06 bits per heavy atom. The normalized spacial score (nSPS) is 14.4. The van der Waals surface area contributed by atoms with Gasteiger partial charge in [0.1, 0.15) is 24.1 Å². The van der Waals surface area contributed by atoms with Gasteiger partial charge in [0.2, 0.25) is 17.7 Å². The van der Waals surface area contributed by atoms with Crippen LogP contribution < -0.4 is 27.8 Å². The van der Waals surface area contributed by atoms with Gasteiger partial charge in [-0.15, -0.1) is 0 Å². The number of carbonyl (C=O) groups excluding carboxylic acids is 4. The molecule has 0 bridgehead atoms. The molecule has 1 rings (SSSR count). The van der Waals surface area contributed by atoms with Gasteiger partial charge < -0.3 is 57.9 Å². The Labute approximate surface area is 196 Å². The zero-order valence-electron chi connectivity index (χ0n) is 18.7. The highest BCUT2D eigenvalue weighted by Gasteiger charge is 2.26. The standard InChI is InChI=1S/C17H24N4O6.C2H9BNO3/c18-13(5-6-15(19)25)16(26)21-14(17(27)20-11(8-22)9-23)7-10-1-3-12(24)4-2-10;1-2(4)3(5,6)7/h1-4,8,11,13-14,23-24H,5-7,9,18H2,(H2,19,25)(H,20,27)(H,21,26);2,5-7H,4H2,1H3/q;-1/t11-,13+,14+;2-/m10/s1. The molecular formula is C19H33BN5O9-. The fourth-order valence-corrected chi connectivity index (χ4v) is 2.19. The third-order valence-corrected chi connectivity index (χ3v) is 4.44. The third-order valence-electron chi connectivity index (χ3n) is 4.44. The summed E-state index contributed by atoms with van der Waals surface area (Å²) in [6.45, 7) is -2.56. The lowest BCUT2D eigenvalue weighted by atomic mass is 9.72. The number of phenolic OH excluding ortho intramolecular Hbond substituents is 1. The average Bonchev–Trinajstić information content (AvgIpc) is 2.76. The molecule has 15 heteroatoms. The van der Waals surface area contributed by atoms with Crippen LogP contribution in [0.15, 0.2) is 24.3 Å². The van der Waals surface area contributed by atoms with E-state index in [9.17, 15) is 24.3 Å². The van der Waals surface area contributed by atoms with Crippen molar-refractivity contribution in [2.75, 3.05) is 6.61 Å². The van der Waals surface area contributed by atoms with Crippen LogP contribution in [0, 0.1) is 0 Å². The number of amides is 3. The lowest BCUT2D eigenvalue weighted by Crippen LogP contribution is -2.55. The van der Waals surface area contributed by atoms with E-state index < -0.39 is 55.1 Å². The number of carbonyl (C=O) groups is 4. The van der Waals surface area contributed by atoms with E-state index in [-0.39, 0.29) is 25.0 Å². The molecule has 0 fully saturated rings. The predicted octanol–water partition coefficient (Wildman–Crippen LogP) is -4.52. The highest BCUT2D eigenvalue weighted by atomic mass is 16.5. The number of hydrogen-bond acceptors (Lipinski definition) is 11. The van der Waals surface area contributed by atoms with Crippen LogP contribution >= 0.6 is 0 Å². The number of benzene rings is 1.